The van der Waals surface area contributed by atoms with Crippen LogP contribution in [-0.4, -0.2) is 65.6 Å². The Labute approximate surface area is 199 Å². The molecule has 2 aliphatic carbocycles. The van der Waals surface area contributed by atoms with Gasteiger partial charge in [-0.05, 0) is 31.2 Å². The van der Waals surface area contributed by atoms with Crippen LogP contribution in [0.5, 0.6) is 0 Å². The number of aromatic nitrogens is 2. The number of hydrogen-bond donors (Lipinski definition) is 5. The van der Waals surface area contributed by atoms with Crippen LogP contribution >= 0.6 is 0 Å². The van der Waals surface area contributed by atoms with Crippen LogP contribution in [0.4, 0.5) is 11.6 Å². The SMILES string of the molecule is NS(=O)(=O)OC[C@H]1C[C@@H](Nc2cc(N[C@H]3CCC[C@@H]3OCc3ccccc3)ncn2)[C@H](O)[C@@H]1O. The number of aliphatic hydroxyl groups is 2. The molecule has 0 aliphatic heterocycles. The summed E-state index contributed by atoms with van der Waals surface area (Å²) in [6.45, 7) is 0.246. The first-order valence-corrected chi connectivity index (χ1v) is 12.8. The van der Waals surface area contributed by atoms with Gasteiger partial charge in [-0.1, -0.05) is 30.3 Å². The molecule has 1 aromatic heterocycles. The van der Waals surface area contributed by atoms with Crippen LogP contribution in [-0.2, 0) is 25.8 Å². The zero-order chi connectivity index (χ0) is 24.1. The number of hydrogen-bond acceptors (Lipinski definition) is 10. The van der Waals surface area contributed by atoms with Gasteiger partial charge >= 0.3 is 10.3 Å². The molecule has 34 heavy (non-hydrogen) atoms. The summed E-state index contributed by atoms with van der Waals surface area (Å²) in [6.07, 6.45) is 2.48. The molecule has 0 unspecified atom stereocenters. The van der Waals surface area contributed by atoms with E-state index in [4.69, 9.17) is 9.88 Å². The molecular weight excluding hydrogens is 462 g/mol. The Bertz CT molecular complexity index is 1040. The van der Waals surface area contributed by atoms with Crippen LogP contribution in [0.25, 0.3) is 0 Å². The van der Waals surface area contributed by atoms with Crippen LogP contribution in [0.2, 0.25) is 0 Å². The van der Waals surface area contributed by atoms with Crippen molar-refractivity contribution in [2.75, 3.05) is 17.2 Å². The minimum Gasteiger partial charge on any atom is -0.390 e. The second-order valence-electron chi connectivity index (χ2n) is 8.81. The molecule has 4 rings (SSSR count). The van der Waals surface area contributed by atoms with E-state index in [2.05, 4.69) is 24.8 Å². The van der Waals surface area contributed by atoms with Gasteiger partial charge in [0.15, 0.2) is 0 Å². The number of anilines is 2. The van der Waals surface area contributed by atoms with Gasteiger partial charge in [-0.3, -0.25) is 4.18 Å². The van der Waals surface area contributed by atoms with E-state index >= 15 is 0 Å². The Morgan fingerprint density at radius 2 is 1.74 bits per heavy atom. The molecular formula is C22H31N5O6S. The lowest BCUT2D eigenvalue weighted by atomic mass is 10.1. The minimum atomic E-state index is -4.12. The number of nitrogens with zero attached hydrogens (tertiary/aromatic N) is 2. The van der Waals surface area contributed by atoms with Crippen LogP contribution in [0.1, 0.15) is 31.2 Å². The average molecular weight is 494 g/mol. The summed E-state index contributed by atoms with van der Waals surface area (Å²) in [4.78, 5) is 8.51. The first-order chi connectivity index (χ1) is 16.3. The van der Waals surface area contributed by atoms with Crippen molar-refractivity contribution in [3.63, 3.8) is 0 Å². The molecule has 0 amide bonds. The van der Waals surface area contributed by atoms with E-state index in [1.165, 1.54) is 6.33 Å². The van der Waals surface area contributed by atoms with Crippen molar-refractivity contribution >= 4 is 21.9 Å². The average Bonchev–Trinajstić information content (AvgIpc) is 3.36. The largest absolute Gasteiger partial charge is 0.390 e. The molecule has 186 valence electrons. The van der Waals surface area contributed by atoms with Gasteiger partial charge < -0.3 is 25.6 Å². The van der Waals surface area contributed by atoms with Crippen LogP contribution in [0.3, 0.4) is 0 Å². The lowest BCUT2D eigenvalue weighted by molar-refractivity contribution is 0.00778. The molecule has 12 heteroatoms. The zero-order valence-corrected chi connectivity index (χ0v) is 19.5. The summed E-state index contributed by atoms with van der Waals surface area (Å²) >= 11 is 0. The van der Waals surface area contributed by atoms with Crippen LogP contribution < -0.4 is 15.8 Å². The Morgan fingerprint density at radius 3 is 2.44 bits per heavy atom. The van der Waals surface area contributed by atoms with Crippen molar-refractivity contribution in [2.45, 2.75) is 62.7 Å². The third-order valence-electron chi connectivity index (χ3n) is 6.34. The van der Waals surface area contributed by atoms with Crippen molar-refractivity contribution in [3.8, 4) is 0 Å². The number of ether oxygens (including phenoxy) is 1. The topological polar surface area (TPSA) is 169 Å². The van der Waals surface area contributed by atoms with E-state index in [-0.39, 0.29) is 25.2 Å². The van der Waals surface area contributed by atoms with Gasteiger partial charge in [0.1, 0.15) is 24.1 Å². The number of nitrogens with two attached hydrogens (primary N) is 1. The molecule has 2 aliphatic rings. The summed E-state index contributed by atoms with van der Waals surface area (Å²) in [5.41, 5.74) is 1.13. The molecule has 1 heterocycles. The Balaban J connectivity index is 1.33. The smallest absolute Gasteiger partial charge is 0.333 e. The molecule has 2 saturated carbocycles. The van der Waals surface area contributed by atoms with Crippen molar-refractivity contribution in [2.24, 2.45) is 11.1 Å². The van der Waals surface area contributed by atoms with Crippen molar-refractivity contribution in [1.82, 2.24) is 9.97 Å². The van der Waals surface area contributed by atoms with Crippen molar-refractivity contribution in [1.29, 1.82) is 0 Å². The van der Waals surface area contributed by atoms with E-state index < -0.39 is 34.5 Å². The summed E-state index contributed by atoms with van der Waals surface area (Å²) in [6, 6.07) is 11.4. The molecule has 0 radical (unpaired) electrons. The highest BCUT2D eigenvalue weighted by molar-refractivity contribution is 7.84. The molecule has 6 atom stereocenters. The Kier molecular flexibility index (Phi) is 7.96. The highest BCUT2D eigenvalue weighted by Crippen LogP contribution is 2.30. The summed E-state index contributed by atoms with van der Waals surface area (Å²) in [5.74, 6) is 0.507. The normalized spacial score (nSPS) is 29.3. The second kappa shape index (κ2) is 10.9. The zero-order valence-electron chi connectivity index (χ0n) is 18.7. The van der Waals surface area contributed by atoms with Gasteiger partial charge in [0, 0.05) is 12.0 Å². The van der Waals surface area contributed by atoms with Gasteiger partial charge in [0.05, 0.1) is 37.5 Å². The van der Waals surface area contributed by atoms with Crippen molar-refractivity contribution < 1.29 is 27.6 Å². The summed E-state index contributed by atoms with van der Waals surface area (Å²) < 4.78 is 32.8. The predicted molar refractivity (Wildman–Crippen MR) is 125 cm³/mol. The van der Waals surface area contributed by atoms with Gasteiger partial charge in [-0.25, -0.2) is 15.1 Å². The first-order valence-electron chi connectivity index (χ1n) is 11.3. The molecule has 11 nitrogen and oxygen atoms in total. The summed E-state index contributed by atoms with van der Waals surface area (Å²) in [7, 11) is -4.12. The minimum absolute atomic E-state index is 0.0676. The number of nitrogens with one attached hydrogen (secondary N) is 2. The third-order valence-corrected chi connectivity index (χ3v) is 6.81. The number of aliphatic hydroxyl groups excluding tert-OH is 2. The molecule has 0 spiro atoms. The second-order valence-corrected chi connectivity index (χ2v) is 10.0. The predicted octanol–water partition coefficient (Wildman–Crippen LogP) is 0.769. The fraction of sp³-hybridized carbons (Fsp3) is 0.545. The number of rotatable bonds is 10. The van der Waals surface area contributed by atoms with E-state index in [1.54, 1.807) is 6.07 Å². The maximum absolute atomic E-state index is 11.0. The lowest BCUT2D eigenvalue weighted by Crippen LogP contribution is -2.36. The van der Waals surface area contributed by atoms with E-state index in [9.17, 15) is 18.6 Å². The Hall–Kier alpha value is -2.35. The van der Waals surface area contributed by atoms with E-state index in [0.29, 0.717) is 18.2 Å². The van der Waals surface area contributed by atoms with Crippen LogP contribution in [0.15, 0.2) is 42.7 Å². The maximum Gasteiger partial charge on any atom is 0.333 e. The molecule has 0 bridgehead atoms. The molecule has 6 N–H and O–H groups in total. The first kappa shape index (κ1) is 24.8. The molecule has 2 fully saturated rings. The van der Waals surface area contributed by atoms with Crippen molar-refractivity contribution in [3.05, 3.63) is 48.3 Å². The fourth-order valence-electron chi connectivity index (χ4n) is 4.58. The van der Waals surface area contributed by atoms with Gasteiger partial charge in [0.25, 0.3) is 0 Å². The van der Waals surface area contributed by atoms with E-state index in [0.717, 1.165) is 24.8 Å². The molecule has 1 aromatic carbocycles. The van der Waals surface area contributed by atoms with Crippen LogP contribution in [0, 0.1) is 5.92 Å². The lowest BCUT2D eigenvalue weighted by Gasteiger charge is -2.23. The third kappa shape index (κ3) is 6.62. The van der Waals surface area contributed by atoms with Gasteiger partial charge in [-0.15, -0.1) is 0 Å². The quantitative estimate of drug-likeness (QED) is 0.319. The van der Waals surface area contributed by atoms with Gasteiger partial charge in [0.2, 0.25) is 0 Å². The maximum atomic E-state index is 11.0. The fourth-order valence-corrected chi connectivity index (χ4v) is 4.94. The monoisotopic (exact) mass is 493 g/mol. The highest BCUT2D eigenvalue weighted by atomic mass is 32.2. The Morgan fingerprint density at radius 1 is 1.03 bits per heavy atom. The standard InChI is InChI=1S/C22H31N5O6S/c23-34(30,31)33-12-15-9-17(22(29)21(15)28)27-20-10-19(24-13-25-20)26-16-7-4-8-18(16)32-11-14-5-2-1-3-6-14/h1-3,5-6,10,13,15-18,21-22,28-29H,4,7-9,11-12H2,(H2,23,30,31)(H2,24,25,26,27)/t15-,16+,17-,18+,21-,22+/m1/s1. The summed E-state index contributed by atoms with van der Waals surface area (Å²) in [5, 5.41) is 32.0. The van der Waals surface area contributed by atoms with Gasteiger partial charge in [-0.2, -0.15) is 8.42 Å². The molecule has 2 aromatic rings. The molecule has 0 saturated heterocycles. The van der Waals surface area contributed by atoms with E-state index in [1.807, 2.05) is 30.3 Å². The number of benzene rings is 1. The highest BCUT2D eigenvalue weighted by Gasteiger charge is 2.42.